The molecule has 0 aromatic heterocycles. The minimum absolute atomic E-state index is 0.219. The molecule has 0 aliphatic carbocycles. The number of halogens is 4. The third-order valence-electron chi connectivity index (χ3n) is 8.15. The molecule has 3 aliphatic rings. The number of imide groups is 1. The minimum Gasteiger partial charge on any atom is -0.496 e. The van der Waals surface area contributed by atoms with Crippen molar-refractivity contribution in [2.45, 2.75) is 43.9 Å². The van der Waals surface area contributed by atoms with Crippen molar-refractivity contribution in [2.75, 3.05) is 27.3 Å². The van der Waals surface area contributed by atoms with E-state index in [-0.39, 0.29) is 18.4 Å². The lowest BCUT2D eigenvalue weighted by atomic mass is 9.75. The third-order valence-corrected chi connectivity index (χ3v) is 8.39. The Labute approximate surface area is 245 Å². The second-order valence-corrected chi connectivity index (χ2v) is 10.6. The van der Waals surface area contributed by atoms with Crippen LogP contribution in [0.5, 0.6) is 5.75 Å². The van der Waals surface area contributed by atoms with Crippen molar-refractivity contribution in [3.63, 3.8) is 0 Å². The predicted molar refractivity (Wildman–Crippen MR) is 145 cm³/mol. The van der Waals surface area contributed by atoms with E-state index in [4.69, 9.17) is 31.0 Å². The quantitative estimate of drug-likeness (QED) is 0.382. The van der Waals surface area contributed by atoms with E-state index < -0.39 is 41.5 Å². The molecule has 3 saturated heterocycles. The molecule has 0 bridgehead atoms. The average molecular weight is 611 g/mol. The van der Waals surface area contributed by atoms with Gasteiger partial charge in [-0.25, -0.2) is 4.79 Å². The number of amides is 2. The molecule has 2 aromatic carbocycles. The van der Waals surface area contributed by atoms with Crippen LogP contribution in [0.3, 0.4) is 0 Å². The van der Waals surface area contributed by atoms with Gasteiger partial charge in [0, 0.05) is 23.2 Å². The Morgan fingerprint density at radius 2 is 1.79 bits per heavy atom. The Hall–Kier alpha value is -3.64. The van der Waals surface area contributed by atoms with Gasteiger partial charge in [-0.15, -0.1) is 0 Å². The first kappa shape index (κ1) is 31.3. The van der Waals surface area contributed by atoms with Gasteiger partial charge in [0.05, 0.1) is 26.1 Å². The van der Waals surface area contributed by atoms with Crippen molar-refractivity contribution in [2.24, 2.45) is 11.8 Å². The summed E-state index contributed by atoms with van der Waals surface area (Å²) in [7, 11) is 2.96. The molecule has 13 heteroatoms. The zero-order chi connectivity index (χ0) is 31.0. The van der Waals surface area contributed by atoms with E-state index >= 15 is 0 Å². The van der Waals surface area contributed by atoms with Crippen molar-refractivity contribution >= 4 is 35.4 Å². The minimum atomic E-state index is -5.08. The number of aliphatic carboxylic acids is 1. The molecule has 3 fully saturated rings. The number of benzene rings is 2. The number of alkyl halides is 3. The summed E-state index contributed by atoms with van der Waals surface area (Å²) in [5.41, 5.74) is 1.48. The lowest BCUT2D eigenvalue weighted by Gasteiger charge is -2.44. The van der Waals surface area contributed by atoms with Crippen LogP contribution in [0.2, 0.25) is 5.02 Å². The van der Waals surface area contributed by atoms with Gasteiger partial charge >= 0.3 is 18.1 Å². The third kappa shape index (κ3) is 5.22. The molecular formula is C29H30ClF3N2O7. The molecule has 2 amide bonds. The molecule has 0 saturated carbocycles. The number of carbonyl (C=O) groups excluding carboxylic acids is 3. The number of piperidine rings is 1. The van der Waals surface area contributed by atoms with Crippen LogP contribution < -0.4 is 4.74 Å². The summed E-state index contributed by atoms with van der Waals surface area (Å²) < 4.78 is 42.8. The van der Waals surface area contributed by atoms with Crippen LogP contribution in [-0.4, -0.2) is 77.7 Å². The highest BCUT2D eigenvalue weighted by molar-refractivity contribution is 6.30. The van der Waals surface area contributed by atoms with Crippen LogP contribution >= 0.6 is 11.6 Å². The molecule has 0 radical (unpaired) electrons. The number of methoxy groups -OCH3 is 2. The van der Waals surface area contributed by atoms with Crippen LogP contribution in [0, 0.1) is 11.8 Å². The van der Waals surface area contributed by atoms with E-state index in [1.807, 2.05) is 42.5 Å². The van der Waals surface area contributed by atoms with E-state index in [0.717, 1.165) is 29.5 Å². The predicted octanol–water partition coefficient (Wildman–Crippen LogP) is 4.72. The zero-order valence-corrected chi connectivity index (χ0v) is 23.9. The van der Waals surface area contributed by atoms with Crippen molar-refractivity contribution in [3.05, 3.63) is 53.1 Å². The van der Waals surface area contributed by atoms with Crippen LogP contribution in [0.1, 0.15) is 37.8 Å². The standard InChI is InChI=1S/C27H29ClN2O5.C2HF3O2/c1-4-29-24(31)21-22(25(29)32)27(26(33)35-3)12-5-6-13-30(27)23(21)17-10-11-19(20(15-17)34-2)16-8-7-9-18(28)14-16;3-2(4,5)1(6)7/h7-11,14-15,21-23H,4-6,12-13H2,1-3H3;(H,6,7)/t21?,22?,23?,27-;/m0./s1. The molecular weight excluding hydrogens is 581 g/mol. The summed E-state index contributed by atoms with van der Waals surface area (Å²) in [5, 5.41) is 7.75. The van der Waals surface area contributed by atoms with Crippen LogP contribution in [-0.2, 0) is 23.9 Å². The summed E-state index contributed by atoms with van der Waals surface area (Å²) >= 11 is 6.21. The first-order valence-electron chi connectivity index (χ1n) is 13.3. The Morgan fingerprint density at radius 1 is 1.10 bits per heavy atom. The van der Waals surface area contributed by atoms with Crippen molar-refractivity contribution in [1.29, 1.82) is 0 Å². The molecule has 2 aromatic rings. The molecule has 42 heavy (non-hydrogen) atoms. The number of likely N-dealkylation sites (tertiary alicyclic amines) is 1. The fourth-order valence-electron chi connectivity index (χ4n) is 6.51. The first-order valence-corrected chi connectivity index (χ1v) is 13.7. The molecule has 3 heterocycles. The number of rotatable bonds is 5. The highest BCUT2D eigenvalue weighted by atomic mass is 35.5. The van der Waals surface area contributed by atoms with Gasteiger partial charge in [-0.3, -0.25) is 24.2 Å². The fourth-order valence-corrected chi connectivity index (χ4v) is 6.70. The second-order valence-electron chi connectivity index (χ2n) is 10.2. The molecule has 4 atom stereocenters. The fraction of sp³-hybridized carbons (Fsp3) is 0.448. The normalized spacial score (nSPS) is 25.3. The van der Waals surface area contributed by atoms with Gasteiger partial charge < -0.3 is 14.6 Å². The van der Waals surface area contributed by atoms with Crippen LogP contribution in [0.4, 0.5) is 13.2 Å². The van der Waals surface area contributed by atoms with Gasteiger partial charge in [-0.1, -0.05) is 35.9 Å². The maximum atomic E-state index is 13.6. The highest BCUT2D eigenvalue weighted by Crippen LogP contribution is 2.58. The summed E-state index contributed by atoms with van der Waals surface area (Å²) in [6, 6.07) is 12.9. The molecule has 9 nitrogen and oxygen atoms in total. The number of hydrogen-bond donors (Lipinski definition) is 1. The lowest BCUT2D eigenvalue weighted by molar-refractivity contribution is -0.192. The maximum Gasteiger partial charge on any atom is 0.490 e. The average Bonchev–Trinajstić information content (AvgIpc) is 3.41. The zero-order valence-electron chi connectivity index (χ0n) is 23.1. The summed E-state index contributed by atoms with van der Waals surface area (Å²) in [6.07, 6.45) is -2.91. The van der Waals surface area contributed by atoms with E-state index in [2.05, 4.69) is 4.90 Å². The number of esters is 1. The summed E-state index contributed by atoms with van der Waals surface area (Å²) in [4.78, 5) is 52.7. The van der Waals surface area contributed by atoms with Gasteiger partial charge in [0.2, 0.25) is 11.8 Å². The van der Waals surface area contributed by atoms with Gasteiger partial charge in [0.25, 0.3) is 0 Å². The lowest BCUT2D eigenvalue weighted by Crippen LogP contribution is -2.59. The topological polar surface area (TPSA) is 113 Å². The Kier molecular flexibility index (Phi) is 8.89. The van der Waals surface area contributed by atoms with Crippen molar-refractivity contribution in [3.8, 4) is 16.9 Å². The molecule has 3 aliphatic heterocycles. The number of hydrogen-bond acceptors (Lipinski definition) is 7. The van der Waals surface area contributed by atoms with E-state index in [1.54, 1.807) is 14.0 Å². The van der Waals surface area contributed by atoms with E-state index in [1.165, 1.54) is 12.0 Å². The van der Waals surface area contributed by atoms with Crippen LogP contribution in [0.15, 0.2) is 42.5 Å². The van der Waals surface area contributed by atoms with Crippen LogP contribution in [0.25, 0.3) is 11.1 Å². The van der Waals surface area contributed by atoms with Crippen molar-refractivity contribution in [1.82, 2.24) is 9.80 Å². The largest absolute Gasteiger partial charge is 0.496 e. The molecule has 0 spiro atoms. The number of ether oxygens (including phenoxy) is 2. The number of carboxylic acid groups (broad SMARTS) is 1. The first-order chi connectivity index (χ1) is 19.8. The summed E-state index contributed by atoms with van der Waals surface area (Å²) in [5.74, 6) is -4.46. The number of carbonyl (C=O) groups is 4. The van der Waals surface area contributed by atoms with Gasteiger partial charge in [0.15, 0.2) is 0 Å². The Morgan fingerprint density at radius 3 is 2.36 bits per heavy atom. The number of fused-ring (bicyclic) bond motifs is 3. The molecule has 3 unspecified atom stereocenters. The molecule has 5 rings (SSSR count). The monoisotopic (exact) mass is 610 g/mol. The van der Waals surface area contributed by atoms with Gasteiger partial charge in [-0.05, 0) is 62.1 Å². The SMILES string of the molecule is CCN1C(=O)C2C(c3ccc(-c4cccc(Cl)c4)c(OC)c3)N3CCCC[C@@]3(C(=O)OC)C2C1=O.O=C(O)C(F)(F)F. The summed E-state index contributed by atoms with van der Waals surface area (Å²) in [6.45, 7) is 2.68. The van der Waals surface area contributed by atoms with Gasteiger partial charge in [0.1, 0.15) is 11.3 Å². The maximum absolute atomic E-state index is 13.6. The smallest absolute Gasteiger partial charge is 0.490 e. The number of nitrogens with zero attached hydrogens (tertiary/aromatic N) is 2. The molecule has 1 N–H and O–H groups in total. The molecule has 226 valence electrons. The van der Waals surface area contributed by atoms with E-state index in [9.17, 15) is 27.6 Å². The Bertz CT molecular complexity index is 1400. The van der Waals surface area contributed by atoms with Gasteiger partial charge in [-0.2, -0.15) is 13.2 Å². The van der Waals surface area contributed by atoms with E-state index in [0.29, 0.717) is 23.7 Å². The Balaban J connectivity index is 0.000000517. The second kappa shape index (κ2) is 11.9. The number of carboxylic acids is 1. The van der Waals surface area contributed by atoms with Crippen molar-refractivity contribution < 1.29 is 46.9 Å². The highest BCUT2D eigenvalue weighted by Gasteiger charge is 2.72.